The predicted molar refractivity (Wildman–Crippen MR) is 122 cm³/mol. The van der Waals surface area contributed by atoms with Crippen molar-refractivity contribution in [3.05, 3.63) is 101 Å². The summed E-state index contributed by atoms with van der Waals surface area (Å²) in [7, 11) is 0. The third-order valence-electron chi connectivity index (χ3n) is 5.11. The molecule has 0 radical (unpaired) electrons. The zero-order valence-corrected chi connectivity index (χ0v) is 17.7. The molecule has 31 heavy (non-hydrogen) atoms. The molecule has 2 aliphatic rings. The van der Waals surface area contributed by atoms with Crippen molar-refractivity contribution in [3.63, 3.8) is 0 Å². The topological polar surface area (TPSA) is 66.3 Å². The Balaban J connectivity index is 1.54. The van der Waals surface area contributed by atoms with Gasteiger partial charge in [-0.15, -0.1) is 5.10 Å². The zero-order chi connectivity index (χ0) is 21.2. The smallest absolute Gasteiger partial charge is 0.276 e. The molecule has 0 saturated heterocycles. The van der Waals surface area contributed by atoms with Gasteiger partial charge in [0, 0.05) is 10.8 Å². The average Bonchev–Trinajstić information content (AvgIpc) is 2.82. The quantitative estimate of drug-likeness (QED) is 0.694. The van der Waals surface area contributed by atoms with Crippen LogP contribution in [0.1, 0.15) is 17.3 Å². The number of hydrogen-bond acceptors (Lipinski definition) is 6. The molecule has 7 heteroatoms. The molecule has 1 atom stereocenters. The summed E-state index contributed by atoms with van der Waals surface area (Å²) < 4.78 is 6.01. The Morgan fingerprint density at radius 3 is 2.68 bits per heavy atom. The van der Waals surface area contributed by atoms with Gasteiger partial charge in [-0.1, -0.05) is 72.4 Å². The lowest BCUT2D eigenvalue weighted by molar-refractivity contribution is -0.116. The minimum absolute atomic E-state index is 0.178. The van der Waals surface area contributed by atoms with Crippen molar-refractivity contribution in [1.82, 2.24) is 10.3 Å². The molecule has 2 heterocycles. The number of thioether (sulfide) groups is 1. The molecule has 3 aromatic carbocycles. The van der Waals surface area contributed by atoms with Crippen LogP contribution in [0.25, 0.3) is 5.70 Å². The van der Waals surface area contributed by atoms with Crippen LogP contribution in [0.3, 0.4) is 0 Å². The lowest BCUT2D eigenvalue weighted by Crippen LogP contribution is -2.50. The van der Waals surface area contributed by atoms with Gasteiger partial charge in [0.1, 0.15) is 18.1 Å². The van der Waals surface area contributed by atoms with E-state index >= 15 is 0 Å². The molecule has 3 aromatic rings. The Kier molecular flexibility index (Phi) is 5.18. The summed E-state index contributed by atoms with van der Waals surface area (Å²) in [6.45, 7) is 0.479. The number of fused-ring (bicyclic) bond motifs is 2. The molecule has 5 rings (SSSR count). The second kappa shape index (κ2) is 8.28. The predicted octanol–water partition coefficient (Wildman–Crippen LogP) is 2.77. The minimum Gasteiger partial charge on any atom is -0.489 e. The summed E-state index contributed by atoms with van der Waals surface area (Å²) in [5, 5.41) is 11.3. The van der Waals surface area contributed by atoms with Crippen molar-refractivity contribution in [3.8, 4) is 5.75 Å². The van der Waals surface area contributed by atoms with Gasteiger partial charge >= 0.3 is 0 Å². The van der Waals surface area contributed by atoms with Gasteiger partial charge in [-0.25, -0.2) is 5.01 Å². The Bertz CT molecular complexity index is 1290. The number of hydrazone groups is 1. The molecule has 2 aliphatic heterocycles. The molecular weight excluding hydrogens is 408 g/mol. The number of ether oxygens (including phenoxy) is 1. The van der Waals surface area contributed by atoms with Gasteiger partial charge in [0.15, 0.2) is 11.3 Å². The van der Waals surface area contributed by atoms with Crippen molar-refractivity contribution in [2.45, 2.75) is 12.8 Å². The number of hydrogen-bond donors (Lipinski definition) is 1. The standard InChI is InChI=1S/C24H20N4O2S/c1-31-24-26-23(29)21-19-12-5-6-13-20(19)25-22(28(21)27-24)17-10-7-11-18(14-17)30-15-16-8-3-2-4-9-16/h2-14,22H,15H2,1H3,(H,26,27,29)/t22-/m0/s1. The van der Waals surface area contributed by atoms with E-state index in [0.29, 0.717) is 17.5 Å². The van der Waals surface area contributed by atoms with Crippen LogP contribution in [-0.4, -0.2) is 22.3 Å². The number of amidine groups is 1. The van der Waals surface area contributed by atoms with E-state index in [0.717, 1.165) is 27.5 Å². The van der Waals surface area contributed by atoms with E-state index in [4.69, 9.17) is 9.73 Å². The van der Waals surface area contributed by atoms with Gasteiger partial charge in [0.05, 0.1) is 5.36 Å². The lowest BCUT2D eigenvalue weighted by atomic mass is 10.1. The van der Waals surface area contributed by atoms with Crippen LogP contribution >= 0.6 is 11.8 Å². The maximum atomic E-state index is 12.9. The van der Waals surface area contributed by atoms with Gasteiger partial charge < -0.3 is 4.74 Å². The maximum Gasteiger partial charge on any atom is 0.276 e. The van der Waals surface area contributed by atoms with E-state index in [1.54, 1.807) is 5.01 Å². The lowest BCUT2D eigenvalue weighted by Gasteiger charge is -2.34. The highest BCUT2D eigenvalue weighted by atomic mass is 32.2. The highest BCUT2D eigenvalue weighted by molar-refractivity contribution is 8.13. The summed E-state index contributed by atoms with van der Waals surface area (Å²) in [4.78, 5) is 17.8. The third kappa shape index (κ3) is 3.80. The van der Waals surface area contributed by atoms with Crippen LogP contribution in [0.2, 0.25) is 0 Å². The van der Waals surface area contributed by atoms with E-state index < -0.39 is 6.17 Å². The molecule has 0 saturated carbocycles. The molecule has 0 aliphatic carbocycles. The number of rotatable bonds is 4. The molecule has 154 valence electrons. The number of nitrogens with one attached hydrogen (secondary N) is 1. The number of para-hydroxylation sites is 1. The Morgan fingerprint density at radius 2 is 1.84 bits per heavy atom. The highest BCUT2D eigenvalue weighted by Crippen LogP contribution is 2.32. The van der Waals surface area contributed by atoms with Gasteiger partial charge in [0.25, 0.3) is 5.91 Å². The summed E-state index contributed by atoms with van der Waals surface area (Å²) in [5.41, 5.74) is 2.50. The minimum atomic E-state index is -0.460. The van der Waals surface area contributed by atoms with Crippen LogP contribution in [0.4, 0.5) is 0 Å². The van der Waals surface area contributed by atoms with Crippen molar-refractivity contribution < 1.29 is 9.53 Å². The van der Waals surface area contributed by atoms with Crippen LogP contribution in [0, 0.1) is 0 Å². The first-order valence-electron chi connectivity index (χ1n) is 9.90. The molecule has 0 spiro atoms. The number of carbonyl (C=O) groups excluding carboxylic acids is 1. The number of amides is 1. The van der Waals surface area contributed by atoms with E-state index in [1.165, 1.54) is 11.8 Å². The van der Waals surface area contributed by atoms with E-state index in [2.05, 4.69) is 10.4 Å². The van der Waals surface area contributed by atoms with Crippen LogP contribution in [-0.2, 0) is 11.4 Å². The Morgan fingerprint density at radius 1 is 1.03 bits per heavy atom. The van der Waals surface area contributed by atoms with Gasteiger partial charge in [-0.3, -0.25) is 15.1 Å². The van der Waals surface area contributed by atoms with Crippen molar-refractivity contribution in [1.29, 1.82) is 0 Å². The zero-order valence-electron chi connectivity index (χ0n) is 16.9. The fourth-order valence-corrected chi connectivity index (χ4v) is 4.01. The average molecular weight is 429 g/mol. The van der Waals surface area contributed by atoms with Crippen molar-refractivity contribution >= 4 is 28.5 Å². The van der Waals surface area contributed by atoms with Crippen LogP contribution in [0.5, 0.6) is 5.75 Å². The van der Waals surface area contributed by atoms with Gasteiger partial charge in [-0.2, -0.15) is 0 Å². The number of carbonyl (C=O) groups is 1. The highest BCUT2D eigenvalue weighted by Gasteiger charge is 2.34. The Hall–Kier alpha value is -3.58. The second-order valence-corrected chi connectivity index (χ2v) is 7.92. The van der Waals surface area contributed by atoms with E-state index in [9.17, 15) is 4.79 Å². The first kappa shape index (κ1) is 19.4. The summed E-state index contributed by atoms with van der Waals surface area (Å²) in [6.07, 6.45) is 1.42. The van der Waals surface area contributed by atoms with Gasteiger partial charge in [-0.05, 0) is 30.0 Å². The maximum absolute atomic E-state index is 12.9. The van der Waals surface area contributed by atoms with Crippen molar-refractivity contribution in [2.24, 2.45) is 10.1 Å². The number of benzene rings is 3. The molecule has 6 nitrogen and oxygen atoms in total. The monoisotopic (exact) mass is 428 g/mol. The third-order valence-corrected chi connectivity index (χ3v) is 5.68. The molecule has 0 aromatic heterocycles. The second-order valence-electron chi connectivity index (χ2n) is 7.12. The normalized spacial score (nSPS) is 17.1. The molecule has 1 amide bonds. The summed E-state index contributed by atoms with van der Waals surface area (Å²) in [5.74, 6) is 0.565. The number of nitrogens with zero attached hydrogens (tertiary/aromatic N) is 3. The fourth-order valence-electron chi connectivity index (χ4n) is 3.64. The first-order valence-corrected chi connectivity index (χ1v) is 11.1. The molecule has 0 fully saturated rings. The molecule has 0 unspecified atom stereocenters. The first-order chi connectivity index (χ1) is 15.2. The van der Waals surface area contributed by atoms with E-state index in [1.807, 2.05) is 85.1 Å². The van der Waals surface area contributed by atoms with Crippen LogP contribution in [0.15, 0.2) is 89.0 Å². The fraction of sp³-hybridized carbons (Fsp3) is 0.125. The molecule has 1 N–H and O–H groups in total. The summed E-state index contributed by atoms with van der Waals surface area (Å²) in [6, 6.07) is 25.5. The molecular formula is C24H20N4O2S. The van der Waals surface area contributed by atoms with Crippen LogP contribution < -0.4 is 20.6 Å². The van der Waals surface area contributed by atoms with Crippen molar-refractivity contribution in [2.75, 3.05) is 6.26 Å². The summed E-state index contributed by atoms with van der Waals surface area (Å²) >= 11 is 1.39. The molecule has 0 bridgehead atoms. The van der Waals surface area contributed by atoms with Gasteiger partial charge in [0.2, 0.25) is 0 Å². The largest absolute Gasteiger partial charge is 0.489 e. The van der Waals surface area contributed by atoms with E-state index in [-0.39, 0.29) is 5.91 Å². The Labute approximate surface area is 184 Å². The SMILES string of the molecule is CSC1=NN2C(=c3ccccc3=N[C@@H]2c2cccc(OCc3ccccc3)c2)C(=O)N1.